The fourth-order valence-corrected chi connectivity index (χ4v) is 2.71. The van der Waals surface area contributed by atoms with Gasteiger partial charge in [-0.2, -0.15) is 0 Å². The summed E-state index contributed by atoms with van der Waals surface area (Å²) in [5.41, 5.74) is 0.113. The number of carbonyl (C=O) groups is 1. The standard InChI is InChI=1S/C9H4BrFOS/c10-7-3-5-1-2-6(4-12)8(11)9(5)13-7/h1-4H. The highest BCUT2D eigenvalue weighted by atomic mass is 79.9. The molecule has 0 radical (unpaired) electrons. The first-order valence-corrected chi connectivity index (χ1v) is 5.16. The average molecular weight is 259 g/mol. The number of benzene rings is 1. The minimum absolute atomic E-state index is 0.113. The lowest BCUT2D eigenvalue weighted by atomic mass is 10.2. The van der Waals surface area contributed by atoms with Crippen LogP contribution in [0.15, 0.2) is 22.0 Å². The van der Waals surface area contributed by atoms with Gasteiger partial charge in [0.15, 0.2) is 12.1 Å². The van der Waals surface area contributed by atoms with Crippen molar-refractivity contribution in [2.24, 2.45) is 0 Å². The number of fused-ring (bicyclic) bond motifs is 1. The van der Waals surface area contributed by atoms with Crippen LogP contribution in [0, 0.1) is 5.82 Å². The van der Waals surface area contributed by atoms with E-state index >= 15 is 0 Å². The Morgan fingerprint density at radius 1 is 1.46 bits per heavy atom. The molecule has 0 aliphatic heterocycles. The van der Waals surface area contributed by atoms with Crippen molar-refractivity contribution in [1.82, 2.24) is 0 Å². The van der Waals surface area contributed by atoms with Crippen molar-refractivity contribution in [3.05, 3.63) is 33.4 Å². The van der Waals surface area contributed by atoms with E-state index in [1.165, 1.54) is 17.4 Å². The lowest BCUT2D eigenvalue weighted by Crippen LogP contribution is -1.85. The molecule has 0 aliphatic carbocycles. The summed E-state index contributed by atoms with van der Waals surface area (Å²) in [7, 11) is 0. The molecule has 0 spiro atoms. The Balaban J connectivity index is 2.85. The first kappa shape index (κ1) is 8.84. The van der Waals surface area contributed by atoms with Crippen LogP contribution in [0.5, 0.6) is 0 Å². The van der Waals surface area contributed by atoms with Gasteiger partial charge in [0.1, 0.15) is 0 Å². The van der Waals surface area contributed by atoms with E-state index in [9.17, 15) is 9.18 Å². The highest BCUT2D eigenvalue weighted by Gasteiger charge is 2.08. The molecule has 1 aromatic carbocycles. The molecule has 0 fully saturated rings. The van der Waals surface area contributed by atoms with E-state index in [1.807, 2.05) is 6.07 Å². The third-order valence-electron chi connectivity index (χ3n) is 1.75. The number of carbonyl (C=O) groups excluding carboxylic acids is 1. The zero-order valence-electron chi connectivity index (χ0n) is 6.38. The van der Waals surface area contributed by atoms with E-state index in [0.29, 0.717) is 11.0 Å². The topological polar surface area (TPSA) is 17.1 Å². The monoisotopic (exact) mass is 258 g/mol. The molecule has 0 bridgehead atoms. The summed E-state index contributed by atoms with van der Waals surface area (Å²) in [4.78, 5) is 10.4. The Kier molecular flexibility index (Phi) is 2.17. The second-order valence-electron chi connectivity index (χ2n) is 2.56. The summed E-state index contributed by atoms with van der Waals surface area (Å²) < 4.78 is 14.8. The Labute approximate surface area is 86.3 Å². The molecule has 0 aliphatic rings. The number of aldehydes is 1. The highest BCUT2D eigenvalue weighted by Crippen LogP contribution is 2.32. The lowest BCUT2D eigenvalue weighted by molar-refractivity contribution is 0.112. The SMILES string of the molecule is O=Cc1ccc2cc(Br)sc2c1F. The van der Waals surface area contributed by atoms with Crippen molar-refractivity contribution in [1.29, 1.82) is 0 Å². The molecule has 0 amide bonds. The highest BCUT2D eigenvalue weighted by molar-refractivity contribution is 9.11. The zero-order valence-corrected chi connectivity index (χ0v) is 8.78. The fraction of sp³-hybridized carbons (Fsp3) is 0. The van der Waals surface area contributed by atoms with Crippen LogP contribution in [-0.4, -0.2) is 6.29 Å². The van der Waals surface area contributed by atoms with Gasteiger partial charge in [-0.05, 0) is 33.4 Å². The van der Waals surface area contributed by atoms with Gasteiger partial charge in [0, 0.05) is 0 Å². The first-order valence-electron chi connectivity index (χ1n) is 3.55. The molecular weight excluding hydrogens is 255 g/mol. The van der Waals surface area contributed by atoms with E-state index in [2.05, 4.69) is 15.9 Å². The van der Waals surface area contributed by atoms with Gasteiger partial charge in [0.2, 0.25) is 0 Å². The normalized spacial score (nSPS) is 10.6. The molecule has 0 saturated heterocycles. The van der Waals surface area contributed by atoms with Crippen LogP contribution in [0.2, 0.25) is 0 Å². The maximum Gasteiger partial charge on any atom is 0.153 e. The van der Waals surface area contributed by atoms with E-state index in [-0.39, 0.29) is 5.56 Å². The molecule has 0 atom stereocenters. The van der Waals surface area contributed by atoms with Crippen LogP contribution in [-0.2, 0) is 0 Å². The molecule has 0 unspecified atom stereocenters. The van der Waals surface area contributed by atoms with Gasteiger partial charge in [0.25, 0.3) is 0 Å². The van der Waals surface area contributed by atoms with Crippen molar-refractivity contribution in [2.45, 2.75) is 0 Å². The van der Waals surface area contributed by atoms with E-state index in [4.69, 9.17) is 0 Å². The van der Waals surface area contributed by atoms with Gasteiger partial charge in [-0.1, -0.05) is 6.07 Å². The van der Waals surface area contributed by atoms with E-state index in [0.717, 1.165) is 9.17 Å². The van der Waals surface area contributed by atoms with Gasteiger partial charge in [-0.15, -0.1) is 11.3 Å². The number of hydrogen-bond donors (Lipinski definition) is 0. The van der Waals surface area contributed by atoms with Crippen molar-refractivity contribution >= 4 is 43.6 Å². The molecule has 66 valence electrons. The maximum absolute atomic E-state index is 13.4. The van der Waals surface area contributed by atoms with E-state index < -0.39 is 5.82 Å². The second kappa shape index (κ2) is 3.20. The smallest absolute Gasteiger partial charge is 0.153 e. The van der Waals surface area contributed by atoms with Gasteiger partial charge in [-0.25, -0.2) is 4.39 Å². The van der Waals surface area contributed by atoms with Gasteiger partial charge >= 0.3 is 0 Å². The molecule has 2 rings (SSSR count). The summed E-state index contributed by atoms with van der Waals surface area (Å²) in [5.74, 6) is -0.428. The summed E-state index contributed by atoms with van der Waals surface area (Å²) in [6, 6.07) is 5.06. The Hall–Kier alpha value is -0.740. The molecule has 4 heteroatoms. The molecule has 13 heavy (non-hydrogen) atoms. The Bertz CT molecular complexity index is 478. The average Bonchev–Trinajstić information content (AvgIpc) is 2.47. The zero-order chi connectivity index (χ0) is 9.42. The molecular formula is C9H4BrFOS. The fourth-order valence-electron chi connectivity index (χ4n) is 1.14. The number of rotatable bonds is 1. The van der Waals surface area contributed by atoms with Crippen molar-refractivity contribution in [2.75, 3.05) is 0 Å². The van der Waals surface area contributed by atoms with Crippen LogP contribution in [0.4, 0.5) is 4.39 Å². The minimum Gasteiger partial charge on any atom is -0.298 e. The second-order valence-corrected chi connectivity index (χ2v) is 4.99. The quantitative estimate of drug-likeness (QED) is 0.715. The van der Waals surface area contributed by atoms with Crippen LogP contribution < -0.4 is 0 Å². The maximum atomic E-state index is 13.4. The van der Waals surface area contributed by atoms with Crippen molar-refractivity contribution < 1.29 is 9.18 Å². The van der Waals surface area contributed by atoms with Crippen LogP contribution in [0.3, 0.4) is 0 Å². The van der Waals surface area contributed by atoms with Crippen molar-refractivity contribution in [3.63, 3.8) is 0 Å². The molecule has 0 saturated carbocycles. The first-order chi connectivity index (χ1) is 6.22. The van der Waals surface area contributed by atoms with Crippen LogP contribution in [0.1, 0.15) is 10.4 Å². The summed E-state index contributed by atoms with van der Waals surface area (Å²) in [6.45, 7) is 0. The Morgan fingerprint density at radius 2 is 2.23 bits per heavy atom. The molecule has 1 nitrogen and oxygen atoms in total. The predicted molar refractivity (Wildman–Crippen MR) is 54.9 cm³/mol. The third-order valence-corrected chi connectivity index (χ3v) is 3.40. The van der Waals surface area contributed by atoms with Crippen LogP contribution >= 0.6 is 27.3 Å². The summed E-state index contributed by atoms with van der Waals surface area (Å²) >= 11 is 4.56. The number of thiophene rings is 1. The number of halogens is 2. The van der Waals surface area contributed by atoms with Gasteiger partial charge in [-0.3, -0.25) is 4.79 Å². The van der Waals surface area contributed by atoms with E-state index in [1.54, 1.807) is 6.07 Å². The number of hydrogen-bond acceptors (Lipinski definition) is 2. The molecule has 1 heterocycles. The largest absolute Gasteiger partial charge is 0.298 e. The molecule has 2 aromatic rings. The lowest BCUT2D eigenvalue weighted by Gasteiger charge is -1.94. The van der Waals surface area contributed by atoms with Gasteiger partial charge in [0.05, 0.1) is 14.0 Å². The predicted octanol–water partition coefficient (Wildman–Crippen LogP) is 3.62. The third kappa shape index (κ3) is 1.40. The van der Waals surface area contributed by atoms with Crippen LogP contribution in [0.25, 0.3) is 10.1 Å². The molecule has 0 N–H and O–H groups in total. The van der Waals surface area contributed by atoms with Gasteiger partial charge < -0.3 is 0 Å². The Morgan fingerprint density at radius 3 is 2.92 bits per heavy atom. The van der Waals surface area contributed by atoms with Crippen molar-refractivity contribution in [3.8, 4) is 0 Å². The molecule has 1 aromatic heterocycles. The summed E-state index contributed by atoms with van der Waals surface area (Å²) in [5, 5.41) is 0.819. The summed E-state index contributed by atoms with van der Waals surface area (Å²) in [6.07, 6.45) is 0.530. The minimum atomic E-state index is -0.428.